The summed E-state index contributed by atoms with van der Waals surface area (Å²) in [6.07, 6.45) is 0.348. The Hall–Kier alpha value is -1.56. The molecule has 0 saturated carbocycles. The Balaban J connectivity index is 1.52. The molecule has 23 heavy (non-hydrogen) atoms. The van der Waals surface area contributed by atoms with E-state index in [-0.39, 0.29) is 12.7 Å². The molecule has 0 atom stereocenters. The van der Waals surface area contributed by atoms with Gasteiger partial charge in [-0.05, 0) is 24.3 Å². The first-order valence-electron chi connectivity index (χ1n) is 6.90. The Labute approximate surface area is 148 Å². The lowest BCUT2D eigenvalue weighted by molar-refractivity contribution is -0.115. The number of anilines is 1. The van der Waals surface area contributed by atoms with Crippen molar-refractivity contribution < 1.29 is 14.3 Å². The molecule has 2 aromatic rings. The van der Waals surface area contributed by atoms with E-state index in [9.17, 15) is 4.79 Å². The summed E-state index contributed by atoms with van der Waals surface area (Å²) in [5, 5.41) is 4.03. The Kier molecular flexibility index (Phi) is 5.20. The third-order valence-corrected chi connectivity index (χ3v) is 5.14. The number of fused-ring (bicyclic) bond motifs is 1. The molecule has 1 aliphatic heterocycles. The molecule has 0 unspecified atom stereocenters. The van der Waals surface area contributed by atoms with Gasteiger partial charge >= 0.3 is 0 Å². The molecule has 0 saturated heterocycles. The third kappa shape index (κ3) is 4.05. The molecule has 120 valence electrons. The molecule has 1 heterocycles. The number of benzene rings is 2. The van der Waals surface area contributed by atoms with Crippen LogP contribution >= 0.6 is 35.0 Å². The predicted octanol–water partition coefficient (Wildman–Crippen LogP) is 4.84. The van der Waals surface area contributed by atoms with Crippen LogP contribution in [0.3, 0.4) is 0 Å². The van der Waals surface area contributed by atoms with E-state index in [0.717, 1.165) is 4.90 Å². The molecule has 0 bridgehead atoms. The highest BCUT2D eigenvalue weighted by molar-refractivity contribution is 7.99. The molecular weight excluding hydrogens is 357 g/mol. The SMILES string of the molecule is O=C(CCSc1c(Cl)cccc1Cl)Nc1ccc2c(c1)OCO2. The van der Waals surface area contributed by atoms with Gasteiger partial charge in [0.05, 0.1) is 10.0 Å². The van der Waals surface area contributed by atoms with E-state index in [2.05, 4.69) is 5.32 Å². The third-order valence-electron chi connectivity index (χ3n) is 3.15. The van der Waals surface area contributed by atoms with E-state index >= 15 is 0 Å². The highest BCUT2D eigenvalue weighted by Gasteiger charge is 2.14. The zero-order valence-corrected chi connectivity index (χ0v) is 14.3. The molecule has 1 amide bonds. The maximum Gasteiger partial charge on any atom is 0.231 e. The summed E-state index contributed by atoms with van der Waals surface area (Å²) in [4.78, 5) is 12.8. The average Bonchev–Trinajstić information content (AvgIpc) is 2.98. The topological polar surface area (TPSA) is 47.6 Å². The van der Waals surface area contributed by atoms with Gasteiger partial charge in [-0.3, -0.25) is 4.79 Å². The van der Waals surface area contributed by atoms with Gasteiger partial charge in [0.25, 0.3) is 0 Å². The van der Waals surface area contributed by atoms with Gasteiger partial charge < -0.3 is 14.8 Å². The summed E-state index contributed by atoms with van der Waals surface area (Å²) in [6, 6.07) is 10.7. The van der Waals surface area contributed by atoms with E-state index in [1.165, 1.54) is 11.8 Å². The first-order valence-corrected chi connectivity index (χ1v) is 8.64. The first-order chi connectivity index (χ1) is 11.1. The quantitative estimate of drug-likeness (QED) is 0.765. The monoisotopic (exact) mass is 369 g/mol. The van der Waals surface area contributed by atoms with Gasteiger partial charge in [-0.2, -0.15) is 0 Å². The maximum absolute atomic E-state index is 12.0. The fourth-order valence-corrected chi connectivity index (χ4v) is 3.69. The Morgan fingerprint density at radius 2 is 1.87 bits per heavy atom. The molecular formula is C16H13Cl2NO3S. The van der Waals surface area contributed by atoms with Crippen LogP contribution < -0.4 is 14.8 Å². The number of nitrogens with one attached hydrogen (secondary N) is 1. The van der Waals surface area contributed by atoms with Crippen LogP contribution in [-0.4, -0.2) is 18.5 Å². The molecule has 0 aromatic heterocycles. The van der Waals surface area contributed by atoms with Crippen LogP contribution in [0.25, 0.3) is 0 Å². The van der Waals surface area contributed by atoms with Crippen LogP contribution in [0, 0.1) is 0 Å². The predicted molar refractivity (Wildman–Crippen MR) is 93.0 cm³/mol. The molecule has 0 spiro atoms. The lowest BCUT2D eigenvalue weighted by atomic mass is 10.2. The minimum atomic E-state index is -0.0838. The van der Waals surface area contributed by atoms with Gasteiger partial charge in [-0.1, -0.05) is 29.3 Å². The number of hydrogen-bond acceptors (Lipinski definition) is 4. The minimum absolute atomic E-state index is 0.0838. The Bertz CT molecular complexity index is 719. The van der Waals surface area contributed by atoms with Crippen molar-refractivity contribution in [2.24, 2.45) is 0 Å². The first kappa shape index (κ1) is 16.3. The van der Waals surface area contributed by atoms with Crippen molar-refractivity contribution in [1.82, 2.24) is 0 Å². The zero-order chi connectivity index (χ0) is 16.2. The van der Waals surface area contributed by atoms with Crippen LogP contribution in [0.15, 0.2) is 41.3 Å². The van der Waals surface area contributed by atoms with E-state index in [0.29, 0.717) is 39.4 Å². The van der Waals surface area contributed by atoms with Gasteiger partial charge in [-0.25, -0.2) is 0 Å². The summed E-state index contributed by atoms with van der Waals surface area (Å²) in [5.74, 6) is 1.83. The van der Waals surface area contributed by atoms with Gasteiger partial charge in [-0.15, -0.1) is 11.8 Å². The fraction of sp³-hybridized carbons (Fsp3) is 0.188. The number of ether oxygens (including phenoxy) is 2. The molecule has 0 radical (unpaired) electrons. The Morgan fingerprint density at radius 3 is 2.65 bits per heavy atom. The summed E-state index contributed by atoms with van der Waals surface area (Å²) in [7, 11) is 0. The average molecular weight is 370 g/mol. The van der Waals surface area contributed by atoms with Crippen LogP contribution in [0.1, 0.15) is 6.42 Å². The van der Waals surface area contributed by atoms with Crippen molar-refractivity contribution in [3.8, 4) is 11.5 Å². The molecule has 2 aromatic carbocycles. The van der Waals surface area contributed by atoms with Gasteiger partial charge in [0, 0.05) is 28.8 Å². The van der Waals surface area contributed by atoms with E-state index in [1.54, 1.807) is 36.4 Å². The lowest BCUT2D eigenvalue weighted by Crippen LogP contribution is -2.12. The highest BCUT2D eigenvalue weighted by Crippen LogP contribution is 2.35. The normalized spacial score (nSPS) is 12.3. The molecule has 1 aliphatic rings. The molecule has 3 rings (SSSR count). The van der Waals surface area contributed by atoms with E-state index in [1.807, 2.05) is 0 Å². The fourth-order valence-electron chi connectivity index (χ4n) is 2.06. The van der Waals surface area contributed by atoms with Crippen LogP contribution in [0.4, 0.5) is 5.69 Å². The van der Waals surface area contributed by atoms with Gasteiger partial charge in [0.1, 0.15) is 0 Å². The molecule has 1 N–H and O–H groups in total. The number of carbonyl (C=O) groups excluding carboxylic acids is 1. The van der Waals surface area contributed by atoms with E-state index in [4.69, 9.17) is 32.7 Å². The standard InChI is InChI=1S/C16H13Cl2NO3S/c17-11-2-1-3-12(18)16(11)23-7-6-15(20)19-10-4-5-13-14(8-10)22-9-21-13/h1-5,8H,6-7,9H2,(H,19,20). The number of amides is 1. The smallest absolute Gasteiger partial charge is 0.231 e. The van der Waals surface area contributed by atoms with E-state index < -0.39 is 0 Å². The Morgan fingerprint density at radius 1 is 1.13 bits per heavy atom. The molecule has 7 heteroatoms. The van der Waals surface area contributed by atoms with Crippen molar-refractivity contribution in [1.29, 1.82) is 0 Å². The van der Waals surface area contributed by atoms with Gasteiger partial charge in [0.15, 0.2) is 11.5 Å². The second-order valence-electron chi connectivity index (χ2n) is 4.77. The zero-order valence-electron chi connectivity index (χ0n) is 12.0. The van der Waals surface area contributed by atoms with Crippen molar-refractivity contribution in [3.63, 3.8) is 0 Å². The van der Waals surface area contributed by atoms with Crippen molar-refractivity contribution in [3.05, 3.63) is 46.4 Å². The van der Waals surface area contributed by atoms with Gasteiger partial charge in [0.2, 0.25) is 12.7 Å². The molecule has 0 fully saturated rings. The summed E-state index contributed by atoms with van der Waals surface area (Å²) in [5.41, 5.74) is 0.681. The second-order valence-corrected chi connectivity index (χ2v) is 6.69. The molecule has 4 nitrogen and oxygen atoms in total. The summed E-state index contributed by atoms with van der Waals surface area (Å²) < 4.78 is 10.5. The number of carbonyl (C=O) groups is 1. The second kappa shape index (κ2) is 7.34. The van der Waals surface area contributed by atoms with Crippen molar-refractivity contribution in [2.75, 3.05) is 17.9 Å². The number of thioether (sulfide) groups is 1. The number of rotatable bonds is 5. The minimum Gasteiger partial charge on any atom is -0.454 e. The summed E-state index contributed by atoms with van der Waals surface area (Å²) in [6.45, 7) is 0.210. The highest BCUT2D eigenvalue weighted by atomic mass is 35.5. The lowest BCUT2D eigenvalue weighted by Gasteiger charge is -2.08. The van der Waals surface area contributed by atoms with Crippen molar-refractivity contribution in [2.45, 2.75) is 11.3 Å². The van der Waals surface area contributed by atoms with Crippen molar-refractivity contribution >= 4 is 46.6 Å². The largest absolute Gasteiger partial charge is 0.454 e. The number of hydrogen-bond donors (Lipinski definition) is 1. The van der Waals surface area contributed by atoms with Crippen LogP contribution in [-0.2, 0) is 4.79 Å². The van der Waals surface area contributed by atoms with Crippen LogP contribution in [0.5, 0.6) is 11.5 Å². The maximum atomic E-state index is 12.0. The van der Waals surface area contributed by atoms with Crippen LogP contribution in [0.2, 0.25) is 10.0 Å². The molecule has 0 aliphatic carbocycles. The summed E-state index contributed by atoms with van der Waals surface area (Å²) >= 11 is 13.7. The number of halogens is 2.